The van der Waals surface area contributed by atoms with E-state index in [1.165, 1.54) is 0 Å². The summed E-state index contributed by atoms with van der Waals surface area (Å²) >= 11 is 0. The van der Waals surface area contributed by atoms with Crippen molar-refractivity contribution in [2.45, 2.75) is 6.10 Å². The molecule has 110 valence electrons. The Hall–Kier alpha value is -1.79. The molecule has 1 aromatic carbocycles. The summed E-state index contributed by atoms with van der Waals surface area (Å²) in [6.45, 7) is 1.95. The molecule has 1 aliphatic rings. The minimum atomic E-state index is -0.107. The molecule has 0 radical (unpaired) electrons. The molecular formula is C14H20N2O4. The number of nitrogens with zero attached hydrogens (tertiary/aromatic N) is 1. The van der Waals surface area contributed by atoms with Gasteiger partial charge in [0.25, 0.3) is 5.91 Å². The lowest BCUT2D eigenvalue weighted by Gasteiger charge is -2.32. The summed E-state index contributed by atoms with van der Waals surface area (Å²) in [6.07, 6.45) is -0.107. The summed E-state index contributed by atoms with van der Waals surface area (Å²) < 4.78 is 15.9. The van der Waals surface area contributed by atoms with Gasteiger partial charge in [-0.05, 0) is 18.2 Å². The van der Waals surface area contributed by atoms with Crippen molar-refractivity contribution in [3.8, 4) is 11.5 Å². The lowest BCUT2D eigenvalue weighted by Crippen LogP contribution is -2.48. The quantitative estimate of drug-likeness (QED) is 0.869. The van der Waals surface area contributed by atoms with Crippen molar-refractivity contribution in [1.29, 1.82) is 0 Å². The minimum absolute atomic E-state index is 0.0949. The largest absolute Gasteiger partial charge is 0.497 e. The number of rotatable bonds is 4. The molecule has 1 heterocycles. The van der Waals surface area contributed by atoms with E-state index in [0.29, 0.717) is 43.3 Å². The van der Waals surface area contributed by atoms with Crippen molar-refractivity contribution in [2.24, 2.45) is 5.73 Å². The van der Waals surface area contributed by atoms with Gasteiger partial charge in [-0.15, -0.1) is 0 Å². The van der Waals surface area contributed by atoms with Crippen LogP contribution in [0.5, 0.6) is 11.5 Å². The average molecular weight is 280 g/mol. The summed E-state index contributed by atoms with van der Waals surface area (Å²) in [4.78, 5) is 14.3. The highest BCUT2D eigenvalue weighted by Gasteiger charge is 2.26. The van der Waals surface area contributed by atoms with E-state index in [1.54, 1.807) is 37.3 Å². The van der Waals surface area contributed by atoms with Crippen LogP contribution < -0.4 is 15.2 Å². The molecule has 1 atom stereocenters. The molecule has 6 nitrogen and oxygen atoms in total. The van der Waals surface area contributed by atoms with Crippen LogP contribution in [0, 0.1) is 0 Å². The summed E-state index contributed by atoms with van der Waals surface area (Å²) in [7, 11) is 3.11. The predicted molar refractivity (Wildman–Crippen MR) is 74.2 cm³/mol. The van der Waals surface area contributed by atoms with Gasteiger partial charge in [-0.2, -0.15) is 0 Å². The van der Waals surface area contributed by atoms with Gasteiger partial charge in [0.1, 0.15) is 11.5 Å². The lowest BCUT2D eigenvalue weighted by molar-refractivity contribution is -0.0168. The monoisotopic (exact) mass is 280 g/mol. The van der Waals surface area contributed by atoms with Crippen molar-refractivity contribution in [2.75, 3.05) is 40.5 Å². The van der Waals surface area contributed by atoms with Crippen molar-refractivity contribution in [1.82, 2.24) is 4.90 Å². The van der Waals surface area contributed by atoms with E-state index in [2.05, 4.69) is 0 Å². The highest BCUT2D eigenvalue weighted by Crippen LogP contribution is 2.25. The molecule has 2 rings (SSSR count). The first kappa shape index (κ1) is 14.6. The van der Waals surface area contributed by atoms with Crippen molar-refractivity contribution < 1.29 is 19.0 Å². The molecule has 0 spiro atoms. The minimum Gasteiger partial charge on any atom is -0.497 e. The second-order valence-corrected chi connectivity index (χ2v) is 4.55. The Morgan fingerprint density at radius 1 is 1.45 bits per heavy atom. The first-order valence-corrected chi connectivity index (χ1v) is 6.52. The number of amides is 1. The normalized spacial score (nSPS) is 18.8. The number of benzene rings is 1. The second-order valence-electron chi connectivity index (χ2n) is 4.55. The zero-order valence-electron chi connectivity index (χ0n) is 11.8. The van der Waals surface area contributed by atoms with Crippen molar-refractivity contribution in [3.05, 3.63) is 23.8 Å². The zero-order valence-corrected chi connectivity index (χ0v) is 11.8. The fourth-order valence-electron chi connectivity index (χ4n) is 2.20. The van der Waals surface area contributed by atoms with Crippen LogP contribution in [0.3, 0.4) is 0 Å². The fourth-order valence-corrected chi connectivity index (χ4v) is 2.20. The molecular weight excluding hydrogens is 260 g/mol. The van der Waals surface area contributed by atoms with Gasteiger partial charge in [-0.3, -0.25) is 4.79 Å². The predicted octanol–water partition coefficient (Wildman–Crippen LogP) is 0.504. The Balaban J connectivity index is 2.23. The number of ether oxygens (including phenoxy) is 3. The molecule has 0 bridgehead atoms. The van der Waals surface area contributed by atoms with Crippen LogP contribution in [0.4, 0.5) is 0 Å². The van der Waals surface area contributed by atoms with E-state index >= 15 is 0 Å². The molecule has 0 saturated carbocycles. The molecule has 6 heteroatoms. The number of hydrogen-bond donors (Lipinski definition) is 1. The molecule has 0 aliphatic carbocycles. The van der Waals surface area contributed by atoms with E-state index in [0.717, 1.165) is 0 Å². The van der Waals surface area contributed by atoms with Gasteiger partial charge in [-0.1, -0.05) is 0 Å². The summed E-state index contributed by atoms with van der Waals surface area (Å²) in [5, 5.41) is 0. The van der Waals surface area contributed by atoms with Crippen LogP contribution in [0.15, 0.2) is 18.2 Å². The fraction of sp³-hybridized carbons (Fsp3) is 0.500. The number of morpholine rings is 1. The number of carbonyl (C=O) groups excluding carboxylic acids is 1. The van der Waals surface area contributed by atoms with Gasteiger partial charge in [0, 0.05) is 19.6 Å². The Morgan fingerprint density at radius 2 is 2.25 bits per heavy atom. The maximum Gasteiger partial charge on any atom is 0.257 e. The molecule has 1 aromatic rings. The van der Waals surface area contributed by atoms with E-state index < -0.39 is 0 Å². The first-order valence-electron chi connectivity index (χ1n) is 6.52. The Labute approximate surface area is 118 Å². The van der Waals surface area contributed by atoms with E-state index in [9.17, 15) is 4.79 Å². The van der Waals surface area contributed by atoms with Crippen LogP contribution in [0.1, 0.15) is 10.4 Å². The third-order valence-corrected chi connectivity index (χ3v) is 3.33. The molecule has 1 unspecified atom stereocenters. The van der Waals surface area contributed by atoms with Crippen molar-refractivity contribution in [3.63, 3.8) is 0 Å². The Kier molecular flexibility index (Phi) is 4.81. The molecule has 1 aliphatic heterocycles. The topological polar surface area (TPSA) is 74.0 Å². The number of methoxy groups -OCH3 is 2. The lowest BCUT2D eigenvalue weighted by atomic mass is 10.1. The van der Waals surface area contributed by atoms with E-state index in [4.69, 9.17) is 19.9 Å². The average Bonchev–Trinajstić information content (AvgIpc) is 2.53. The maximum absolute atomic E-state index is 12.6. The Bertz CT molecular complexity index is 478. The SMILES string of the molecule is COc1ccc(OC)c(C(=O)N2CCOC(CN)C2)c1. The van der Waals surface area contributed by atoms with Crippen LogP contribution in [0.2, 0.25) is 0 Å². The zero-order chi connectivity index (χ0) is 14.5. The molecule has 20 heavy (non-hydrogen) atoms. The molecule has 2 N–H and O–H groups in total. The van der Waals surface area contributed by atoms with Gasteiger partial charge in [-0.25, -0.2) is 0 Å². The van der Waals surface area contributed by atoms with Crippen LogP contribution >= 0.6 is 0 Å². The number of hydrogen-bond acceptors (Lipinski definition) is 5. The smallest absolute Gasteiger partial charge is 0.257 e. The molecule has 0 aromatic heterocycles. The first-order chi connectivity index (χ1) is 9.69. The summed E-state index contributed by atoms with van der Waals surface area (Å²) in [6, 6.07) is 5.18. The number of nitrogens with two attached hydrogens (primary N) is 1. The molecule has 1 saturated heterocycles. The highest BCUT2D eigenvalue weighted by atomic mass is 16.5. The Morgan fingerprint density at radius 3 is 2.90 bits per heavy atom. The van der Waals surface area contributed by atoms with E-state index in [1.807, 2.05) is 0 Å². The molecule has 1 amide bonds. The highest BCUT2D eigenvalue weighted by molar-refractivity contribution is 5.97. The molecule has 1 fully saturated rings. The van der Waals surface area contributed by atoms with Crippen LogP contribution in [0.25, 0.3) is 0 Å². The van der Waals surface area contributed by atoms with Gasteiger partial charge in [0.15, 0.2) is 0 Å². The summed E-state index contributed by atoms with van der Waals surface area (Å²) in [5.41, 5.74) is 6.09. The van der Waals surface area contributed by atoms with Crippen molar-refractivity contribution >= 4 is 5.91 Å². The number of carbonyl (C=O) groups is 1. The maximum atomic E-state index is 12.6. The van der Waals surface area contributed by atoms with Crippen LogP contribution in [-0.4, -0.2) is 57.4 Å². The van der Waals surface area contributed by atoms with Gasteiger partial charge in [0.2, 0.25) is 0 Å². The third-order valence-electron chi connectivity index (χ3n) is 3.33. The van der Waals surface area contributed by atoms with Gasteiger partial charge >= 0.3 is 0 Å². The van der Waals surface area contributed by atoms with Crippen LogP contribution in [-0.2, 0) is 4.74 Å². The van der Waals surface area contributed by atoms with E-state index in [-0.39, 0.29) is 12.0 Å². The summed E-state index contributed by atoms with van der Waals surface area (Å²) in [5.74, 6) is 1.06. The van der Waals surface area contributed by atoms with Gasteiger partial charge in [0.05, 0.1) is 32.5 Å². The standard InChI is InChI=1S/C14H20N2O4/c1-18-10-3-4-13(19-2)12(7-10)14(17)16-5-6-20-11(8-15)9-16/h3-4,7,11H,5-6,8-9,15H2,1-2H3. The second kappa shape index (κ2) is 6.58. The van der Waals surface area contributed by atoms with Gasteiger partial charge < -0.3 is 24.8 Å². The third kappa shape index (κ3) is 3.02.